The second kappa shape index (κ2) is 9.58. The lowest BCUT2D eigenvalue weighted by Crippen LogP contribution is -2.64. The monoisotopic (exact) mass is 459 g/mol. The van der Waals surface area contributed by atoms with Gasteiger partial charge in [0.1, 0.15) is 5.82 Å². The molecule has 8 heteroatoms. The van der Waals surface area contributed by atoms with Crippen LogP contribution in [0.5, 0.6) is 0 Å². The van der Waals surface area contributed by atoms with Gasteiger partial charge in [0.2, 0.25) is 0 Å². The van der Waals surface area contributed by atoms with Crippen molar-refractivity contribution >= 4 is 23.3 Å². The third-order valence-electron chi connectivity index (χ3n) is 6.60. The first-order chi connectivity index (χ1) is 15.3. The minimum atomic E-state index is -1.22. The lowest BCUT2D eigenvalue weighted by atomic mass is 9.81. The normalized spacial score (nSPS) is 26.5. The van der Waals surface area contributed by atoms with Gasteiger partial charge in [0.05, 0.1) is 17.7 Å². The molecule has 3 atom stereocenters. The number of benzene rings is 1. The molecular formula is C24H30FN3O3S. The summed E-state index contributed by atoms with van der Waals surface area (Å²) >= 11 is 1.49. The van der Waals surface area contributed by atoms with Crippen molar-refractivity contribution in [3.63, 3.8) is 0 Å². The quantitative estimate of drug-likeness (QED) is 0.640. The number of halogens is 1. The SMILES string of the molecule is CC1(O)CCN(C(=O)NC2CCCCC2)C(c2cccs2)C1NC(=O)c1ccc(F)cc1. The number of thiophene rings is 1. The lowest BCUT2D eigenvalue weighted by molar-refractivity contribution is -0.0506. The van der Waals surface area contributed by atoms with Gasteiger partial charge in [-0.2, -0.15) is 0 Å². The Balaban J connectivity index is 1.60. The van der Waals surface area contributed by atoms with Crippen molar-refractivity contribution in [2.24, 2.45) is 0 Å². The molecule has 2 heterocycles. The third-order valence-corrected chi connectivity index (χ3v) is 7.54. The van der Waals surface area contributed by atoms with E-state index in [9.17, 15) is 19.1 Å². The Morgan fingerprint density at radius 3 is 2.50 bits per heavy atom. The number of hydrogen-bond donors (Lipinski definition) is 3. The fourth-order valence-electron chi connectivity index (χ4n) is 4.73. The molecule has 1 saturated carbocycles. The molecule has 0 bridgehead atoms. The van der Waals surface area contributed by atoms with E-state index in [1.165, 1.54) is 42.0 Å². The standard InChI is InChI=1S/C24H30FN3O3S/c1-24(31)13-14-28(23(30)26-18-6-3-2-4-7-18)20(19-8-5-15-32-19)21(24)27-22(29)16-9-11-17(25)12-10-16/h5,8-12,15,18,20-21,31H,2-4,6-7,13-14H2,1H3,(H,26,30)(H,27,29). The van der Waals surface area contributed by atoms with E-state index >= 15 is 0 Å². The molecule has 2 aliphatic rings. The number of amides is 3. The second-order valence-corrected chi connectivity index (χ2v) is 9.98. The van der Waals surface area contributed by atoms with Gasteiger partial charge in [-0.1, -0.05) is 25.3 Å². The van der Waals surface area contributed by atoms with Crippen LogP contribution in [0.1, 0.15) is 66.7 Å². The molecule has 3 N–H and O–H groups in total. The van der Waals surface area contributed by atoms with E-state index in [1.807, 2.05) is 17.5 Å². The van der Waals surface area contributed by atoms with Gasteiger partial charge in [0, 0.05) is 23.0 Å². The first kappa shape index (κ1) is 22.7. The highest BCUT2D eigenvalue weighted by atomic mass is 32.1. The largest absolute Gasteiger partial charge is 0.388 e. The van der Waals surface area contributed by atoms with Crippen molar-refractivity contribution in [3.05, 3.63) is 58.0 Å². The van der Waals surface area contributed by atoms with E-state index in [2.05, 4.69) is 10.6 Å². The summed E-state index contributed by atoms with van der Waals surface area (Å²) in [5.41, 5.74) is -0.915. The van der Waals surface area contributed by atoms with Gasteiger partial charge in [0.15, 0.2) is 0 Å². The molecule has 1 aromatic heterocycles. The Labute approximate surface area is 191 Å². The van der Waals surface area contributed by atoms with Crippen molar-refractivity contribution in [1.29, 1.82) is 0 Å². The molecule has 0 spiro atoms. The highest BCUT2D eigenvalue weighted by Crippen LogP contribution is 2.39. The smallest absolute Gasteiger partial charge is 0.318 e. The molecule has 1 aliphatic heterocycles. The van der Waals surface area contributed by atoms with E-state index in [0.29, 0.717) is 18.5 Å². The van der Waals surface area contributed by atoms with Crippen LogP contribution in [-0.2, 0) is 0 Å². The van der Waals surface area contributed by atoms with Gasteiger partial charge in [0.25, 0.3) is 5.91 Å². The second-order valence-electron chi connectivity index (χ2n) is 9.00. The van der Waals surface area contributed by atoms with E-state index in [4.69, 9.17) is 0 Å². The Hall–Kier alpha value is -2.45. The topological polar surface area (TPSA) is 81.7 Å². The molecule has 2 aromatic rings. The zero-order valence-electron chi connectivity index (χ0n) is 18.2. The average molecular weight is 460 g/mol. The minimum Gasteiger partial charge on any atom is -0.388 e. The first-order valence-electron chi connectivity index (χ1n) is 11.2. The zero-order chi connectivity index (χ0) is 22.7. The molecule has 32 heavy (non-hydrogen) atoms. The summed E-state index contributed by atoms with van der Waals surface area (Å²) in [4.78, 5) is 28.9. The number of carbonyl (C=O) groups excluding carboxylic acids is 2. The van der Waals surface area contributed by atoms with Crippen LogP contribution in [0.3, 0.4) is 0 Å². The van der Waals surface area contributed by atoms with Crippen molar-refractivity contribution < 1.29 is 19.1 Å². The maximum absolute atomic E-state index is 13.3. The summed E-state index contributed by atoms with van der Waals surface area (Å²) in [7, 11) is 0. The summed E-state index contributed by atoms with van der Waals surface area (Å²) in [6.07, 6.45) is 5.72. The maximum Gasteiger partial charge on any atom is 0.318 e. The van der Waals surface area contributed by atoms with Crippen molar-refractivity contribution in [2.75, 3.05) is 6.54 Å². The molecule has 2 fully saturated rings. The number of likely N-dealkylation sites (tertiary alicyclic amines) is 1. The van der Waals surface area contributed by atoms with E-state index in [1.54, 1.807) is 11.8 Å². The Bertz CT molecular complexity index is 926. The van der Waals surface area contributed by atoms with Crippen molar-refractivity contribution in [3.8, 4) is 0 Å². The molecule has 3 unspecified atom stereocenters. The average Bonchev–Trinajstić information content (AvgIpc) is 3.30. The molecule has 1 aliphatic carbocycles. The third kappa shape index (κ3) is 4.96. The van der Waals surface area contributed by atoms with Crippen LogP contribution in [0, 0.1) is 5.82 Å². The predicted molar refractivity (Wildman–Crippen MR) is 122 cm³/mol. The number of nitrogens with zero attached hydrogens (tertiary/aromatic N) is 1. The number of hydrogen-bond acceptors (Lipinski definition) is 4. The van der Waals surface area contributed by atoms with E-state index < -0.39 is 29.4 Å². The van der Waals surface area contributed by atoms with Gasteiger partial charge in [-0.3, -0.25) is 4.79 Å². The van der Waals surface area contributed by atoms with Crippen molar-refractivity contribution in [1.82, 2.24) is 15.5 Å². The number of urea groups is 1. The maximum atomic E-state index is 13.3. The number of nitrogens with one attached hydrogen (secondary N) is 2. The van der Waals surface area contributed by atoms with Crippen LogP contribution in [0.25, 0.3) is 0 Å². The molecular weight excluding hydrogens is 429 g/mol. The number of rotatable bonds is 4. The van der Waals surface area contributed by atoms with Crippen LogP contribution in [-0.4, -0.2) is 46.2 Å². The molecule has 1 saturated heterocycles. The van der Waals surface area contributed by atoms with Crippen LogP contribution in [0.15, 0.2) is 41.8 Å². The molecule has 4 rings (SSSR count). The van der Waals surface area contributed by atoms with Gasteiger partial charge in [-0.25, -0.2) is 9.18 Å². The van der Waals surface area contributed by atoms with Gasteiger partial charge < -0.3 is 20.6 Å². The summed E-state index contributed by atoms with van der Waals surface area (Å²) in [6.45, 7) is 2.08. The van der Waals surface area contributed by atoms with Crippen LogP contribution in [0.2, 0.25) is 0 Å². The number of carbonyl (C=O) groups is 2. The summed E-state index contributed by atoms with van der Waals surface area (Å²) in [5.74, 6) is -0.834. The summed E-state index contributed by atoms with van der Waals surface area (Å²) in [5, 5.41) is 19.3. The zero-order valence-corrected chi connectivity index (χ0v) is 19.0. The highest BCUT2D eigenvalue weighted by molar-refractivity contribution is 7.10. The summed E-state index contributed by atoms with van der Waals surface area (Å²) in [6, 6.07) is 7.89. The number of aliphatic hydroxyl groups is 1. The summed E-state index contributed by atoms with van der Waals surface area (Å²) < 4.78 is 13.3. The van der Waals surface area contributed by atoms with Crippen LogP contribution < -0.4 is 10.6 Å². The van der Waals surface area contributed by atoms with Crippen LogP contribution in [0.4, 0.5) is 9.18 Å². The fraction of sp³-hybridized carbons (Fsp3) is 0.500. The van der Waals surface area contributed by atoms with Gasteiger partial charge in [-0.15, -0.1) is 11.3 Å². The molecule has 3 amide bonds. The van der Waals surface area contributed by atoms with Crippen LogP contribution >= 0.6 is 11.3 Å². The van der Waals surface area contributed by atoms with Gasteiger partial charge >= 0.3 is 6.03 Å². The molecule has 6 nitrogen and oxygen atoms in total. The number of piperidine rings is 1. The van der Waals surface area contributed by atoms with Gasteiger partial charge in [-0.05, 0) is 61.9 Å². The fourth-order valence-corrected chi connectivity index (χ4v) is 5.61. The Morgan fingerprint density at radius 1 is 1.12 bits per heavy atom. The molecule has 0 radical (unpaired) electrons. The van der Waals surface area contributed by atoms with E-state index in [0.717, 1.165) is 30.6 Å². The molecule has 172 valence electrons. The predicted octanol–water partition coefficient (Wildman–Crippen LogP) is 4.23. The van der Waals surface area contributed by atoms with E-state index in [-0.39, 0.29) is 12.1 Å². The Morgan fingerprint density at radius 2 is 1.84 bits per heavy atom. The first-order valence-corrected chi connectivity index (χ1v) is 12.1. The molecule has 1 aromatic carbocycles. The Kier molecular flexibility index (Phi) is 6.81. The van der Waals surface area contributed by atoms with Crippen molar-refractivity contribution in [2.45, 2.75) is 69.2 Å². The minimum absolute atomic E-state index is 0.160. The lowest BCUT2D eigenvalue weighted by Gasteiger charge is -2.48. The highest BCUT2D eigenvalue weighted by Gasteiger charge is 2.48.